The molecule has 0 spiro atoms. The standard InChI is InChI=1S/C16H23N5O4S/c1-19-8-4-11-12(10-19)26-15(17-11)14(23)18-21(16(24)25)9-5-13(22)20-6-2-3-7-20/h2-10H2,1H3,(H,18,23)(H,24,25). The number of thiazole rings is 1. The van der Waals surface area contributed by atoms with Gasteiger partial charge in [0.1, 0.15) is 0 Å². The van der Waals surface area contributed by atoms with Gasteiger partial charge in [0.2, 0.25) is 5.91 Å². The summed E-state index contributed by atoms with van der Waals surface area (Å²) in [6, 6.07) is 0. The predicted octanol–water partition coefficient (Wildman–Crippen LogP) is 0.768. The van der Waals surface area contributed by atoms with E-state index in [0.29, 0.717) is 0 Å². The Morgan fingerprint density at radius 1 is 1.27 bits per heavy atom. The molecule has 3 amide bonds. The molecule has 0 aromatic carbocycles. The number of hydrazine groups is 1. The molecule has 1 aromatic heterocycles. The minimum absolute atomic E-state index is 0.0474. The minimum Gasteiger partial charge on any atom is -0.464 e. The number of carboxylic acid groups (broad SMARTS) is 1. The fraction of sp³-hybridized carbons (Fsp3) is 0.625. The van der Waals surface area contributed by atoms with Gasteiger partial charge in [-0.15, -0.1) is 11.3 Å². The molecule has 2 aliphatic heterocycles. The number of likely N-dealkylation sites (N-methyl/N-ethyl adjacent to an activating group) is 1. The third-order valence-corrected chi connectivity index (χ3v) is 5.67. The summed E-state index contributed by atoms with van der Waals surface area (Å²) in [4.78, 5) is 45.1. The number of carbonyl (C=O) groups excluding carboxylic acids is 2. The Hall–Kier alpha value is -2.20. The van der Waals surface area contributed by atoms with E-state index in [-0.39, 0.29) is 23.9 Å². The molecule has 3 heterocycles. The smallest absolute Gasteiger partial charge is 0.426 e. The molecule has 0 atom stereocenters. The van der Waals surface area contributed by atoms with Gasteiger partial charge < -0.3 is 14.9 Å². The van der Waals surface area contributed by atoms with Crippen LogP contribution in [0.4, 0.5) is 4.79 Å². The number of carbonyl (C=O) groups is 3. The van der Waals surface area contributed by atoms with Crippen LogP contribution in [0.3, 0.4) is 0 Å². The van der Waals surface area contributed by atoms with Crippen molar-refractivity contribution in [1.29, 1.82) is 0 Å². The van der Waals surface area contributed by atoms with Crippen molar-refractivity contribution in [3.05, 3.63) is 15.6 Å². The Morgan fingerprint density at radius 2 is 2.00 bits per heavy atom. The molecular weight excluding hydrogens is 358 g/mol. The number of hydrogen-bond acceptors (Lipinski definition) is 6. The number of rotatable bonds is 4. The minimum atomic E-state index is -1.30. The van der Waals surface area contributed by atoms with Crippen LogP contribution < -0.4 is 5.43 Å². The molecule has 9 nitrogen and oxygen atoms in total. The van der Waals surface area contributed by atoms with Crippen molar-refractivity contribution in [2.75, 3.05) is 33.2 Å². The molecule has 142 valence electrons. The quantitative estimate of drug-likeness (QED) is 0.746. The van der Waals surface area contributed by atoms with Gasteiger partial charge in [0, 0.05) is 43.9 Å². The average Bonchev–Trinajstić information content (AvgIpc) is 3.26. The summed E-state index contributed by atoms with van der Waals surface area (Å²) in [5.74, 6) is -0.640. The summed E-state index contributed by atoms with van der Waals surface area (Å²) < 4.78 is 0. The van der Waals surface area contributed by atoms with E-state index in [0.717, 1.165) is 61.0 Å². The molecule has 2 N–H and O–H groups in total. The topological polar surface area (TPSA) is 106 Å². The van der Waals surface area contributed by atoms with Crippen LogP contribution in [-0.2, 0) is 17.8 Å². The largest absolute Gasteiger partial charge is 0.464 e. The van der Waals surface area contributed by atoms with Crippen LogP contribution >= 0.6 is 11.3 Å². The van der Waals surface area contributed by atoms with Crippen LogP contribution in [0.2, 0.25) is 0 Å². The van der Waals surface area contributed by atoms with Crippen LogP contribution in [-0.4, -0.2) is 76.0 Å². The number of fused-ring (bicyclic) bond motifs is 1. The SMILES string of the molecule is CN1CCc2nc(C(=O)NN(CCC(=O)N3CCCC3)C(=O)O)sc2C1. The molecule has 1 fully saturated rings. The van der Waals surface area contributed by atoms with E-state index in [1.807, 2.05) is 7.05 Å². The van der Waals surface area contributed by atoms with Gasteiger partial charge in [-0.3, -0.25) is 15.0 Å². The molecule has 3 rings (SSSR count). The van der Waals surface area contributed by atoms with E-state index < -0.39 is 12.0 Å². The van der Waals surface area contributed by atoms with E-state index in [1.165, 1.54) is 11.3 Å². The van der Waals surface area contributed by atoms with Crippen LogP contribution in [0, 0.1) is 0 Å². The number of likely N-dealkylation sites (tertiary alicyclic amines) is 1. The lowest BCUT2D eigenvalue weighted by molar-refractivity contribution is -0.130. The fourth-order valence-electron chi connectivity index (χ4n) is 3.12. The lowest BCUT2D eigenvalue weighted by Crippen LogP contribution is -2.47. The highest BCUT2D eigenvalue weighted by atomic mass is 32.1. The summed E-state index contributed by atoms with van der Waals surface area (Å²) >= 11 is 1.29. The maximum Gasteiger partial charge on any atom is 0.426 e. The van der Waals surface area contributed by atoms with Gasteiger partial charge in [0.25, 0.3) is 5.91 Å². The third-order valence-electron chi connectivity index (χ3n) is 4.59. The number of nitrogens with one attached hydrogen (secondary N) is 1. The first-order valence-electron chi connectivity index (χ1n) is 8.70. The van der Waals surface area contributed by atoms with Gasteiger partial charge in [0.05, 0.1) is 12.2 Å². The molecule has 2 aliphatic rings. The zero-order valence-electron chi connectivity index (χ0n) is 14.7. The normalized spacial score (nSPS) is 17.0. The van der Waals surface area contributed by atoms with E-state index >= 15 is 0 Å². The van der Waals surface area contributed by atoms with E-state index in [9.17, 15) is 19.5 Å². The summed E-state index contributed by atoms with van der Waals surface area (Å²) in [6.45, 7) is 2.99. The molecule has 10 heteroatoms. The van der Waals surface area contributed by atoms with Crippen LogP contribution in [0.5, 0.6) is 0 Å². The maximum absolute atomic E-state index is 12.4. The molecule has 0 saturated carbocycles. The van der Waals surface area contributed by atoms with Crippen molar-refractivity contribution < 1.29 is 19.5 Å². The molecule has 1 aromatic rings. The van der Waals surface area contributed by atoms with Crippen LogP contribution in [0.25, 0.3) is 0 Å². The third kappa shape index (κ3) is 4.31. The second-order valence-corrected chi connectivity index (χ2v) is 7.67. The molecule has 1 saturated heterocycles. The second-order valence-electron chi connectivity index (χ2n) is 6.59. The first-order chi connectivity index (χ1) is 12.4. The first kappa shape index (κ1) is 18.6. The van der Waals surface area contributed by atoms with E-state index in [1.54, 1.807) is 4.90 Å². The number of amides is 3. The molecule has 0 radical (unpaired) electrons. The first-order valence-corrected chi connectivity index (χ1v) is 9.52. The van der Waals surface area contributed by atoms with Gasteiger partial charge in [0.15, 0.2) is 5.01 Å². The molecule has 26 heavy (non-hydrogen) atoms. The Kier molecular flexibility index (Phi) is 5.72. The number of aromatic nitrogens is 1. The van der Waals surface area contributed by atoms with Crippen molar-refractivity contribution in [3.63, 3.8) is 0 Å². The molecule has 0 bridgehead atoms. The fourth-order valence-corrected chi connectivity index (χ4v) is 4.20. The monoisotopic (exact) mass is 381 g/mol. The number of hydrogen-bond donors (Lipinski definition) is 2. The highest BCUT2D eigenvalue weighted by Crippen LogP contribution is 2.24. The lowest BCUT2D eigenvalue weighted by Gasteiger charge is -2.21. The van der Waals surface area contributed by atoms with Gasteiger partial charge in [-0.1, -0.05) is 0 Å². The van der Waals surface area contributed by atoms with E-state index in [2.05, 4.69) is 15.3 Å². The number of nitrogens with zero attached hydrogens (tertiary/aromatic N) is 4. The summed E-state index contributed by atoms with van der Waals surface area (Å²) in [5, 5.41) is 10.3. The Bertz CT molecular complexity index is 701. The van der Waals surface area contributed by atoms with E-state index in [4.69, 9.17) is 0 Å². The average molecular weight is 381 g/mol. The van der Waals surface area contributed by atoms with Gasteiger partial charge in [-0.25, -0.2) is 14.8 Å². The van der Waals surface area contributed by atoms with Crippen molar-refractivity contribution in [3.8, 4) is 0 Å². The summed E-state index contributed by atoms with van der Waals surface area (Å²) in [7, 11) is 2.01. The summed E-state index contributed by atoms with van der Waals surface area (Å²) in [6.07, 6.45) is 1.49. The molecule has 0 aliphatic carbocycles. The predicted molar refractivity (Wildman–Crippen MR) is 94.8 cm³/mol. The van der Waals surface area contributed by atoms with Gasteiger partial charge in [-0.2, -0.15) is 0 Å². The molecular formula is C16H23N5O4S. The Morgan fingerprint density at radius 3 is 2.69 bits per heavy atom. The van der Waals surface area contributed by atoms with Crippen LogP contribution in [0.15, 0.2) is 0 Å². The van der Waals surface area contributed by atoms with Crippen molar-refractivity contribution in [1.82, 2.24) is 25.2 Å². The highest BCUT2D eigenvalue weighted by Gasteiger charge is 2.25. The van der Waals surface area contributed by atoms with Crippen molar-refractivity contribution in [2.45, 2.75) is 32.2 Å². The van der Waals surface area contributed by atoms with Gasteiger partial charge in [-0.05, 0) is 19.9 Å². The highest BCUT2D eigenvalue weighted by molar-refractivity contribution is 7.13. The van der Waals surface area contributed by atoms with Crippen molar-refractivity contribution in [2.24, 2.45) is 0 Å². The zero-order chi connectivity index (χ0) is 18.7. The van der Waals surface area contributed by atoms with Gasteiger partial charge >= 0.3 is 6.09 Å². The van der Waals surface area contributed by atoms with Crippen molar-refractivity contribution >= 4 is 29.2 Å². The zero-order valence-corrected chi connectivity index (χ0v) is 15.5. The lowest BCUT2D eigenvalue weighted by atomic mass is 10.2. The Labute approximate surface area is 155 Å². The second kappa shape index (κ2) is 8.00. The van der Waals surface area contributed by atoms with Crippen LogP contribution in [0.1, 0.15) is 39.6 Å². The molecule has 0 unspecified atom stereocenters. The maximum atomic E-state index is 12.4. The summed E-state index contributed by atoms with van der Waals surface area (Å²) in [5.41, 5.74) is 3.26. The Balaban J connectivity index is 1.58.